The normalized spacial score (nSPS) is 10.8. The minimum Gasteiger partial charge on any atom is -0.395 e. The van der Waals surface area contributed by atoms with Gasteiger partial charge in [0.05, 0.1) is 11.5 Å². The van der Waals surface area contributed by atoms with Gasteiger partial charge in [0.1, 0.15) is 5.69 Å². The number of nitro groups is 1. The first-order valence-corrected chi connectivity index (χ1v) is 7.12. The second-order valence-electron chi connectivity index (χ2n) is 4.81. The molecule has 114 valence electrons. The van der Waals surface area contributed by atoms with Crippen molar-refractivity contribution in [1.29, 1.82) is 0 Å². The molecule has 0 aliphatic rings. The number of hydrogen-bond acceptors (Lipinski definition) is 5. The second kappa shape index (κ2) is 7.84. The van der Waals surface area contributed by atoms with E-state index in [2.05, 4.69) is 12.0 Å². The topological polar surface area (TPSA) is 84.4 Å². The minimum absolute atomic E-state index is 0.0326. The van der Waals surface area contributed by atoms with Gasteiger partial charge in [-0.1, -0.05) is 26.7 Å². The smallest absolute Gasteiger partial charge is 0.334 e. The van der Waals surface area contributed by atoms with Crippen LogP contribution in [0.4, 0.5) is 11.5 Å². The Labute approximate surface area is 119 Å². The van der Waals surface area contributed by atoms with Gasteiger partial charge in [-0.2, -0.15) is 5.10 Å². The molecule has 0 unspecified atom stereocenters. The molecule has 0 saturated heterocycles. The lowest BCUT2D eigenvalue weighted by atomic mass is 10.2. The van der Waals surface area contributed by atoms with Crippen molar-refractivity contribution in [3.8, 4) is 0 Å². The summed E-state index contributed by atoms with van der Waals surface area (Å²) < 4.78 is 1.56. The first-order valence-electron chi connectivity index (χ1n) is 7.12. The molecule has 0 bridgehead atoms. The van der Waals surface area contributed by atoms with E-state index in [1.165, 1.54) is 0 Å². The number of anilines is 1. The maximum absolute atomic E-state index is 11.4. The Balaban J connectivity index is 3.20. The van der Waals surface area contributed by atoms with Gasteiger partial charge in [0.25, 0.3) is 0 Å². The number of hydrogen-bond donors (Lipinski definition) is 1. The molecule has 20 heavy (non-hydrogen) atoms. The maximum Gasteiger partial charge on any atom is 0.334 e. The monoisotopic (exact) mass is 284 g/mol. The lowest BCUT2D eigenvalue weighted by Crippen LogP contribution is -2.30. The largest absolute Gasteiger partial charge is 0.395 e. The molecule has 7 heteroatoms. The summed E-state index contributed by atoms with van der Waals surface area (Å²) in [6.45, 7) is 5.07. The van der Waals surface area contributed by atoms with Crippen molar-refractivity contribution in [3.63, 3.8) is 0 Å². The van der Waals surface area contributed by atoms with Gasteiger partial charge in [-0.05, 0) is 12.8 Å². The van der Waals surface area contributed by atoms with E-state index >= 15 is 0 Å². The maximum atomic E-state index is 11.4. The van der Waals surface area contributed by atoms with E-state index in [0.717, 1.165) is 19.3 Å². The third kappa shape index (κ3) is 3.69. The Bertz CT molecular complexity index is 445. The van der Waals surface area contributed by atoms with Crippen molar-refractivity contribution in [1.82, 2.24) is 9.78 Å². The summed E-state index contributed by atoms with van der Waals surface area (Å²) in [7, 11) is 1.72. The number of aromatic nitrogens is 2. The second-order valence-corrected chi connectivity index (χ2v) is 4.81. The van der Waals surface area contributed by atoms with Crippen LogP contribution < -0.4 is 4.90 Å². The summed E-state index contributed by atoms with van der Waals surface area (Å²) >= 11 is 0. The number of unbranched alkanes of at least 4 members (excludes halogenated alkanes) is 1. The van der Waals surface area contributed by atoms with E-state index in [0.29, 0.717) is 31.0 Å². The quantitative estimate of drug-likeness (QED) is 0.553. The summed E-state index contributed by atoms with van der Waals surface area (Å²) in [5.41, 5.74) is 0.605. The molecule has 0 spiro atoms. The highest BCUT2D eigenvalue weighted by Crippen LogP contribution is 2.32. The van der Waals surface area contributed by atoms with Crippen LogP contribution in [0.1, 0.15) is 38.8 Å². The molecule has 0 aliphatic carbocycles. The molecule has 1 aromatic heterocycles. The van der Waals surface area contributed by atoms with Crippen molar-refractivity contribution in [2.75, 3.05) is 24.6 Å². The number of aliphatic hydroxyl groups is 1. The standard InChI is InChI=1S/C13H24N4O3/c1-4-6-8-16(9-10-18)13-12(17(19)20)11(7-5-2)14-15(13)3/h18H,4-10H2,1-3H3. The van der Waals surface area contributed by atoms with Crippen LogP contribution in [0.15, 0.2) is 0 Å². The van der Waals surface area contributed by atoms with E-state index in [1.807, 2.05) is 11.8 Å². The van der Waals surface area contributed by atoms with Gasteiger partial charge in [0, 0.05) is 20.1 Å². The van der Waals surface area contributed by atoms with E-state index < -0.39 is 0 Å². The lowest BCUT2D eigenvalue weighted by Gasteiger charge is -2.22. The number of rotatable bonds is 9. The minimum atomic E-state index is -0.357. The molecule has 1 aromatic rings. The van der Waals surface area contributed by atoms with Crippen molar-refractivity contribution >= 4 is 11.5 Å². The summed E-state index contributed by atoms with van der Waals surface area (Å²) in [6, 6.07) is 0. The number of aliphatic hydroxyl groups excluding tert-OH is 1. The van der Waals surface area contributed by atoms with E-state index in [-0.39, 0.29) is 17.2 Å². The summed E-state index contributed by atoms with van der Waals surface area (Å²) in [5.74, 6) is 0.501. The lowest BCUT2D eigenvalue weighted by molar-refractivity contribution is -0.384. The van der Waals surface area contributed by atoms with Crippen LogP contribution >= 0.6 is 0 Å². The van der Waals surface area contributed by atoms with Gasteiger partial charge in [0.2, 0.25) is 5.82 Å². The van der Waals surface area contributed by atoms with Crippen molar-refractivity contribution in [2.24, 2.45) is 7.05 Å². The van der Waals surface area contributed by atoms with Crippen LogP contribution in [0.5, 0.6) is 0 Å². The molecule has 1 rings (SSSR count). The molecule has 0 radical (unpaired) electrons. The molecule has 0 amide bonds. The van der Waals surface area contributed by atoms with Gasteiger partial charge in [-0.15, -0.1) is 0 Å². The zero-order valence-electron chi connectivity index (χ0n) is 12.5. The first kappa shape index (κ1) is 16.4. The van der Waals surface area contributed by atoms with Gasteiger partial charge in [0.15, 0.2) is 0 Å². The predicted molar refractivity (Wildman–Crippen MR) is 78.1 cm³/mol. The number of nitrogens with zero attached hydrogens (tertiary/aromatic N) is 4. The summed E-state index contributed by atoms with van der Waals surface area (Å²) in [5, 5.41) is 24.8. The zero-order valence-corrected chi connectivity index (χ0v) is 12.5. The summed E-state index contributed by atoms with van der Waals surface area (Å²) in [4.78, 5) is 12.9. The molecule has 0 aliphatic heterocycles. The molecule has 1 N–H and O–H groups in total. The Morgan fingerprint density at radius 2 is 2.05 bits per heavy atom. The molecule has 0 aromatic carbocycles. The van der Waals surface area contributed by atoms with E-state index in [1.54, 1.807) is 11.7 Å². The van der Waals surface area contributed by atoms with Gasteiger partial charge in [-0.25, -0.2) is 4.68 Å². The highest BCUT2D eigenvalue weighted by atomic mass is 16.6. The fourth-order valence-electron chi connectivity index (χ4n) is 2.30. The third-order valence-electron chi connectivity index (χ3n) is 3.18. The highest BCUT2D eigenvalue weighted by Gasteiger charge is 2.29. The predicted octanol–water partition coefficient (Wildman–Crippen LogP) is 1.88. The van der Waals surface area contributed by atoms with Crippen molar-refractivity contribution in [2.45, 2.75) is 39.5 Å². The van der Waals surface area contributed by atoms with Crippen LogP contribution in [0.2, 0.25) is 0 Å². The van der Waals surface area contributed by atoms with Crippen LogP contribution in [-0.4, -0.2) is 39.5 Å². The van der Waals surface area contributed by atoms with Gasteiger partial charge >= 0.3 is 5.69 Å². The van der Waals surface area contributed by atoms with E-state index in [4.69, 9.17) is 0 Å². The molecular weight excluding hydrogens is 260 g/mol. The van der Waals surface area contributed by atoms with E-state index in [9.17, 15) is 15.2 Å². The molecule has 7 nitrogen and oxygen atoms in total. The van der Waals surface area contributed by atoms with Gasteiger partial charge in [-0.3, -0.25) is 10.1 Å². The van der Waals surface area contributed by atoms with Gasteiger partial charge < -0.3 is 10.0 Å². The van der Waals surface area contributed by atoms with Crippen LogP contribution in [0.25, 0.3) is 0 Å². The Morgan fingerprint density at radius 1 is 1.35 bits per heavy atom. The van der Waals surface area contributed by atoms with Crippen LogP contribution in [-0.2, 0) is 13.5 Å². The van der Waals surface area contributed by atoms with Crippen LogP contribution in [0, 0.1) is 10.1 Å². The molecule has 0 saturated carbocycles. The summed E-state index contributed by atoms with van der Waals surface area (Å²) in [6.07, 6.45) is 3.32. The Morgan fingerprint density at radius 3 is 2.55 bits per heavy atom. The molecular formula is C13H24N4O3. The fourth-order valence-corrected chi connectivity index (χ4v) is 2.30. The fraction of sp³-hybridized carbons (Fsp3) is 0.769. The molecule has 0 atom stereocenters. The van der Waals surface area contributed by atoms with Crippen LogP contribution in [0.3, 0.4) is 0 Å². The number of aryl methyl sites for hydroxylation is 2. The molecule has 1 heterocycles. The van der Waals surface area contributed by atoms with Crippen molar-refractivity contribution in [3.05, 3.63) is 15.8 Å². The Hall–Kier alpha value is -1.63. The SMILES string of the molecule is CCCCN(CCO)c1c([N+](=O)[O-])c(CCC)nn1C. The average Bonchev–Trinajstić information content (AvgIpc) is 2.72. The Kier molecular flexibility index (Phi) is 6.44. The zero-order chi connectivity index (χ0) is 15.1. The first-order chi connectivity index (χ1) is 9.56. The average molecular weight is 284 g/mol. The molecule has 0 fully saturated rings. The third-order valence-corrected chi connectivity index (χ3v) is 3.18. The van der Waals surface area contributed by atoms with Crippen molar-refractivity contribution < 1.29 is 10.0 Å². The highest BCUT2D eigenvalue weighted by molar-refractivity contribution is 5.61.